The second-order valence-corrected chi connectivity index (χ2v) is 7.33. The minimum absolute atomic E-state index is 0.0984. The lowest BCUT2D eigenvalue weighted by atomic mass is 9.92. The van der Waals surface area contributed by atoms with E-state index in [0.717, 1.165) is 23.7 Å². The van der Waals surface area contributed by atoms with Crippen LogP contribution in [-0.2, 0) is 4.74 Å². The van der Waals surface area contributed by atoms with Crippen LogP contribution in [0.1, 0.15) is 43.2 Å². The molecule has 2 aliphatic heterocycles. The first kappa shape index (κ1) is 16.4. The van der Waals surface area contributed by atoms with Gasteiger partial charge in [-0.05, 0) is 38.8 Å². The van der Waals surface area contributed by atoms with Gasteiger partial charge in [0.05, 0.1) is 18.7 Å². The van der Waals surface area contributed by atoms with Gasteiger partial charge in [0.25, 0.3) is 5.91 Å². The topological polar surface area (TPSA) is 88.4 Å². The third-order valence-electron chi connectivity index (χ3n) is 4.98. The molecule has 1 unspecified atom stereocenters. The number of phenols is 1. The summed E-state index contributed by atoms with van der Waals surface area (Å²) in [7, 11) is 0. The molecule has 134 valence electrons. The van der Waals surface area contributed by atoms with Gasteiger partial charge >= 0.3 is 0 Å². The lowest BCUT2D eigenvalue weighted by Gasteiger charge is -2.40. The molecule has 2 saturated heterocycles. The van der Waals surface area contributed by atoms with Crippen molar-refractivity contribution < 1.29 is 14.6 Å². The molecule has 4 rings (SSSR count). The number of rotatable bonds is 3. The number of aromatic nitrogens is 2. The maximum atomic E-state index is 12.9. The van der Waals surface area contributed by atoms with Crippen LogP contribution in [0.4, 0.5) is 0 Å². The Morgan fingerprint density at radius 2 is 2.08 bits per heavy atom. The Hall–Kier alpha value is -2.12. The van der Waals surface area contributed by atoms with Crippen LogP contribution in [0.5, 0.6) is 5.75 Å². The Labute approximate surface area is 146 Å². The van der Waals surface area contributed by atoms with E-state index in [1.54, 1.807) is 22.9 Å². The number of fused-ring (bicyclic) bond motifs is 3. The Morgan fingerprint density at radius 3 is 2.76 bits per heavy atom. The van der Waals surface area contributed by atoms with Crippen molar-refractivity contribution in [3.8, 4) is 5.75 Å². The first-order valence-electron chi connectivity index (χ1n) is 8.87. The first-order chi connectivity index (χ1) is 12.0. The van der Waals surface area contributed by atoms with Gasteiger partial charge in [-0.25, -0.2) is 0 Å². The van der Waals surface area contributed by atoms with E-state index in [4.69, 9.17) is 4.74 Å². The molecular weight excluding hydrogens is 320 g/mol. The average Bonchev–Trinajstić information content (AvgIpc) is 2.93. The fourth-order valence-corrected chi connectivity index (χ4v) is 3.90. The predicted molar refractivity (Wildman–Crippen MR) is 93.8 cm³/mol. The van der Waals surface area contributed by atoms with Crippen molar-refractivity contribution >= 4 is 16.8 Å². The number of benzene rings is 1. The van der Waals surface area contributed by atoms with Gasteiger partial charge in [0.1, 0.15) is 5.75 Å². The lowest BCUT2D eigenvalue weighted by Crippen LogP contribution is -2.58. The van der Waals surface area contributed by atoms with Crippen LogP contribution in [-0.4, -0.2) is 52.1 Å². The highest BCUT2D eigenvalue weighted by atomic mass is 16.5. The maximum absolute atomic E-state index is 12.9. The van der Waals surface area contributed by atoms with Gasteiger partial charge in [0.2, 0.25) is 0 Å². The zero-order chi connectivity index (χ0) is 17.6. The Kier molecular flexibility index (Phi) is 4.13. The van der Waals surface area contributed by atoms with E-state index in [1.165, 1.54) is 0 Å². The van der Waals surface area contributed by atoms with Crippen LogP contribution in [0.3, 0.4) is 0 Å². The van der Waals surface area contributed by atoms with E-state index in [2.05, 4.69) is 15.7 Å². The van der Waals surface area contributed by atoms with Crippen LogP contribution >= 0.6 is 0 Å². The van der Waals surface area contributed by atoms with Crippen LogP contribution in [0, 0.1) is 0 Å². The number of morpholine rings is 1. The molecule has 3 heterocycles. The molecule has 7 heteroatoms. The quantitative estimate of drug-likeness (QED) is 0.787. The summed E-state index contributed by atoms with van der Waals surface area (Å²) in [5.41, 5.74) is 1.19. The van der Waals surface area contributed by atoms with E-state index in [0.29, 0.717) is 31.0 Å². The van der Waals surface area contributed by atoms with Gasteiger partial charge in [-0.1, -0.05) is 0 Å². The van der Waals surface area contributed by atoms with Crippen LogP contribution < -0.4 is 10.6 Å². The van der Waals surface area contributed by atoms with Gasteiger partial charge in [-0.3, -0.25) is 9.48 Å². The van der Waals surface area contributed by atoms with Crippen molar-refractivity contribution in [3.05, 3.63) is 23.9 Å². The number of nitrogens with one attached hydrogen (secondary N) is 2. The van der Waals surface area contributed by atoms with Crippen molar-refractivity contribution in [2.24, 2.45) is 0 Å². The highest BCUT2D eigenvalue weighted by Gasteiger charge is 2.33. The Bertz CT molecular complexity index is 789. The highest BCUT2D eigenvalue weighted by molar-refractivity contribution is 6.05. The fraction of sp³-hybridized carbons (Fsp3) is 0.556. The van der Waals surface area contributed by atoms with Gasteiger partial charge < -0.3 is 20.5 Å². The molecule has 1 aromatic carbocycles. The number of carbonyl (C=O) groups is 1. The summed E-state index contributed by atoms with van der Waals surface area (Å²) in [5.74, 6) is 0.0217. The van der Waals surface area contributed by atoms with Gasteiger partial charge in [-0.15, -0.1) is 0 Å². The minimum atomic E-state index is -0.152. The first-order valence-corrected chi connectivity index (χ1v) is 8.87. The van der Waals surface area contributed by atoms with Crippen molar-refractivity contribution in [3.63, 3.8) is 0 Å². The number of nitrogens with zero attached hydrogens (tertiary/aromatic N) is 2. The lowest BCUT2D eigenvalue weighted by molar-refractivity contribution is 0.0148. The highest BCUT2D eigenvalue weighted by Crippen LogP contribution is 2.26. The van der Waals surface area contributed by atoms with Crippen molar-refractivity contribution in [2.75, 3.05) is 13.2 Å². The molecule has 25 heavy (non-hydrogen) atoms. The minimum Gasteiger partial charge on any atom is -0.508 e. The summed E-state index contributed by atoms with van der Waals surface area (Å²) in [6.45, 7) is 5.42. The standard InChI is InChI=1S/C18H24N4O3/c1-10(2)22-16-7-14(23)3-4-15(16)17(21-22)18(24)20-11-5-12-8-25-9-13(6-11)19-12/h3-4,7,10-13,19,23H,5-6,8-9H2,1-2H3,(H,20,24)/t11?,12-,13+. The molecule has 0 spiro atoms. The molecule has 3 N–H and O–H groups in total. The molecule has 2 aliphatic rings. The average molecular weight is 344 g/mol. The zero-order valence-electron chi connectivity index (χ0n) is 14.5. The molecule has 1 amide bonds. The van der Waals surface area contributed by atoms with Crippen molar-refractivity contribution in [2.45, 2.75) is 50.9 Å². The Morgan fingerprint density at radius 1 is 1.36 bits per heavy atom. The van der Waals surface area contributed by atoms with E-state index in [1.807, 2.05) is 13.8 Å². The third kappa shape index (κ3) is 3.09. The molecule has 2 aromatic rings. The summed E-state index contributed by atoms with van der Waals surface area (Å²) in [6.07, 6.45) is 1.73. The molecule has 0 saturated carbocycles. The number of carbonyl (C=O) groups excluding carboxylic acids is 1. The molecule has 0 radical (unpaired) electrons. The summed E-state index contributed by atoms with van der Waals surface area (Å²) < 4.78 is 7.35. The number of hydrogen-bond donors (Lipinski definition) is 3. The SMILES string of the molecule is CC(C)n1nc(C(=O)NC2C[C@H]3COC[C@@H](C2)N3)c2ccc(O)cc21. The number of piperidine rings is 1. The van der Waals surface area contributed by atoms with E-state index in [-0.39, 0.29) is 23.7 Å². The predicted octanol–water partition coefficient (Wildman–Crippen LogP) is 1.57. The van der Waals surface area contributed by atoms with Crippen LogP contribution in [0.2, 0.25) is 0 Å². The van der Waals surface area contributed by atoms with Crippen LogP contribution in [0.25, 0.3) is 10.9 Å². The van der Waals surface area contributed by atoms with E-state index >= 15 is 0 Å². The monoisotopic (exact) mass is 344 g/mol. The molecule has 3 atom stereocenters. The molecule has 7 nitrogen and oxygen atoms in total. The van der Waals surface area contributed by atoms with E-state index < -0.39 is 0 Å². The number of phenolic OH excluding ortho intramolecular Hbond substituents is 1. The summed E-state index contributed by atoms with van der Waals surface area (Å²) in [5, 5.41) is 21.7. The van der Waals surface area contributed by atoms with Crippen molar-refractivity contribution in [1.82, 2.24) is 20.4 Å². The van der Waals surface area contributed by atoms with E-state index in [9.17, 15) is 9.90 Å². The second kappa shape index (κ2) is 6.31. The Balaban J connectivity index is 1.60. The number of hydrogen-bond acceptors (Lipinski definition) is 5. The van der Waals surface area contributed by atoms with Crippen molar-refractivity contribution in [1.29, 1.82) is 0 Å². The molecule has 0 aliphatic carbocycles. The van der Waals surface area contributed by atoms with Gasteiger partial charge in [0.15, 0.2) is 5.69 Å². The van der Waals surface area contributed by atoms with Gasteiger partial charge in [0, 0.05) is 35.6 Å². The third-order valence-corrected chi connectivity index (χ3v) is 4.98. The molecule has 2 fully saturated rings. The molecular formula is C18H24N4O3. The smallest absolute Gasteiger partial charge is 0.272 e. The molecule has 2 bridgehead atoms. The largest absolute Gasteiger partial charge is 0.508 e. The number of ether oxygens (including phenoxy) is 1. The second-order valence-electron chi connectivity index (χ2n) is 7.33. The summed E-state index contributed by atoms with van der Waals surface area (Å²) in [6, 6.07) is 5.85. The number of aromatic hydroxyl groups is 1. The summed E-state index contributed by atoms with van der Waals surface area (Å²) in [4.78, 5) is 12.9. The zero-order valence-corrected chi connectivity index (χ0v) is 14.5. The van der Waals surface area contributed by atoms with Gasteiger partial charge in [-0.2, -0.15) is 5.10 Å². The molecule has 1 aromatic heterocycles. The fourth-order valence-electron chi connectivity index (χ4n) is 3.90. The number of amides is 1. The maximum Gasteiger partial charge on any atom is 0.272 e. The normalized spacial score (nSPS) is 26.1. The summed E-state index contributed by atoms with van der Waals surface area (Å²) >= 11 is 0. The van der Waals surface area contributed by atoms with Crippen LogP contribution in [0.15, 0.2) is 18.2 Å².